The van der Waals surface area contributed by atoms with Crippen LogP contribution in [0.15, 0.2) is 0 Å². The Labute approximate surface area is 135 Å². The highest BCUT2D eigenvalue weighted by Crippen LogP contribution is 2.25. The fraction of sp³-hybridized carbons (Fsp3) is 0.933. The van der Waals surface area contributed by atoms with Gasteiger partial charge < -0.3 is 15.5 Å². The minimum atomic E-state index is -0.135. The molecule has 0 aromatic carbocycles. The number of urea groups is 1. The minimum absolute atomic E-state index is 0.0436. The molecule has 2 N–H and O–H groups in total. The van der Waals surface area contributed by atoms with Gasteiger partial charge in [0.25, 0.3) is 0 Å². The first-order valence-electron chi connectivity index (χ1n) is 7.87. The Morgan fingerprint density at radius 2 is 1.86 bits per heavy atom. The van der Waals surface area contributed by atoms with Crippen molar-refractivity contribution in [2.75, 3.05) is 40.3 Å². The number of nitrogens with one attached hydrogen (secondary N) is 2. The van der Waals surface area contributed by atoms with Gasteiger partial charge in [-0.1, -0.05) is 13.8 Å². The fourth-order valence-electron chi connectivity index (χ4n) is 2.84. The Kier molecular flexibility index (Phi) is 7.30. The third-order valence-corrected chi connectivity index (χ3v) is 4.28. The van der Waals surface area contributed by atoms with Crippen molar-refractivity contribution in [3.05, 3.63) is 0 Å². The molecule has 124 valence electrons. The zero-order valence-corrected chi connectivity index (χ0v) is 15.0. The molecule has 0 radical (unpaired) electrons. The second-order valence-corrected chi connectivity index (χ2v) is 7.66. The van der Waals surface area contributed by atoms with E-state index >= 15 is 0 Å². The molecule has 1 aliphatic rings. The summed E-state index contributed by atoms with van der Waals surface area (Å²) < 4.78 is 0. The zero-order valence-electron chi connectivity index (χ0n) is 14.1. The minimum Gasteiger partial charge on any atom is -0.338 e. The van der Waals surface area contributed by atoms with Gasteiger partial charge in [0.05, 0.1) is 5.54 Å². The standard InChI is InChI=1S/C15H32N4OS/c1-12(2)10-16-14(20)17-15(11-18(4)5)6-8-19(9-7-15)13(3)21/h12-13,21H,6-11H2,1-5H3,(H2,16,17,20). The molecule has 0 aromatic heterocycles. The Morgan fingerprint density at radius 1 is 1.29 bits per heavy atom. The quantitative estimate of drug-likeness (QED) is 0.653. The van der Waals surface area contributed by atoms with E-state index in [-0.39, 0.29) is 16.9 Å². The van der Waals surface area contributed by atoms with Crippen molar-refractivity contribution in [2.45, 2.75) is 44.5 Å². The van der Waals surface area contributed by atoms with E-state index in [1.54, 1.807) is 0 Å². The molecule has 21 heavy (non-hydrogen) atoms. The lowest BCUT2D eigenvalue weighted by atomic mass is 9.87. The first kappa shape index (κ1) is 18.6. The smallest absolute Gasteiger partial charge is 0.315 e. The molecule has 1 saturated heterocycles. The van der Waals surface area contributed by atoms with Crippen molar-refractivity contribution in [2.24, 2.45) is 5.92 Å². The molecule has 1 aliphatic heterocycles. The van der Waals surface area contributed by atoms with Crippen LogP contribution in [-0.4, -0.2) is 67.0 Å². The number of thiol groups is 1. The Hall–Kier alpha value is -0.460. The van der Waals surface area contributed by atoms with Crippen LogP contribution >= 0.6 is 12.6 Å². The van der Waals surface area contributed by atoms with Gasteiger partial charge in [0.1, 0.15) is 0 Å². The van der Waals surface area contributed by atoms with Crippen LogP contribution in [0.1, 0.15) is 33.6 Å². The van der Waals surface area contributed by atoms with Crippen molar-refractivity contribution in [1.29, 1.82) is 0 Å². The van der Waals surface area contributed by atoms with Crippen LogP contribution in [-0.2, 0) is 0 Å². The maximum absolute atomic E-state index is 12.1. The van der Waals surface area contributed by atoms with Crippen molar-refractivity contribution >= 4 is 18.7 Å². The lowest BCUT2D eigenvalue weighted by Crippen LogP contribution is -2.62. The molecule has 0 spiro atoms. The predicted molar refractivity (Wildman–Crippen MR) is 91.9 cm³/mol. The number of carbonyl (C=O) groups is 1. The van der Waals surface area contributed by atoms with Gasteiger partial charge in [0, 0.05) is 31.6 Å². The van der Waals surface area contributed by atoms with E-state index < -0.39 is 0 Å². The summed E-state index contributed by atoms with van der Waals surface area (Å²) in [6.07, 6.45) is 1.93. The predicted octanol–water partition coefficient (Wildman–Crippen LogP) is 1.61. The fourth-order valence-corrected chi connectivity index (χ4v) is 3.07. The topological polar surface area (TPSA) is 47.6 Å². The van der Waals surface area contributed by atoms with Crippen LogP contribution in [0, 0.1) is 5.92 Å². The summed E-state index contributed by atoms with van der Waals surface area (Å²) in [6, 6.07) is -0.0436. The molecule has 1 rings (SSSR count). The third kappa shape index (κ3) is 6.45. The van der Waals surface area contributed by atoms with Crippen LogP contribution in [0.5, 0.6) is 0 Å². The lowest BCUT2D eigenvalue weighted by Gasteiger charge is -2.44. The van der Waals surface area contributed by atoms with E-state index in [1.807, 2.05) is 0 Å². The molecule has 5 nitrogen and oxygen atoms in total. The summed E-state index contributed by atoms with van der Waals surface area (Å²) in [7, 11) is 4.12. The third-order valence-electron chi connectivity index (χ3n) is 3.95. The van der Waals surface area contributed by atoms with Crippen LogP contribution < -0.4 is 10.6 Å². The number of piperidine rings is 1. The highest BCUT2D eigenvalue weighted by atomic mass is 32.1. The van der Waals surface area contributed by atoms with E-state index in [0.717, 1.165) is 32.5 Å². The Bertz CT molecular complexity index is 326. The van der Waals surface area contributed by atoms with Gasteiger partial charge in [0.15, 0.2) is 0 Å². The highest BCUT2D eigenvalue weighted by Gasteiger charge is 2.37. The molecule has 1 fully saturated rings. The second kappa shape index (κ2) is 8.25. The molecular formula is C15H32N4OS. The van der Waals surface area contributed by atoms with Crippen LogP contribution in [0.3, 0.4) is 0 Å². The number of hydrogen-bond acceptors (Lipinski definition) is 4. The van der Waals surface area contributed by atoms with Crippen LogP contribution in [0.2, 0.25) is 0 Å². The first-order chi connectivity index (χ1) is 9.74. The summed E-state index contributed by atoms with van der Waals surface area (Å²) in [5.41, 5.74) is -0.135. The lowest BCUT2D eigenvalue weighted by molar-refractivity contribution is 0.111. The van der Waals surface area contributed by atoms with E-state index in [0.29, 0.717) is 12.5 Å². The van der Waals surface area contributed by atoms with Crippen LogP contribution in [0.4, 0.5) is 4.79 Å². The van der Waals surface area contributed by atoms with Crippen molar-refractivity contribution in [3.63, 3.8) is 0 Å². The monoisotopic (exact) mass is 316 g/mol. The SMILES string of the molecule is CC(C)CNC(=O)NC1(CN(C)C)CCN(C(C)S)CC1. The second-order valence-electron chi connectivity index (χ2n) is 6.91. The van der Waals surface area contributed by atoms with Gasteiger partial charge in [-0.3, -0.25) is 4.90 Å². The number of nitrogens with zero attached hydrogens (tertiary/aromatic N) is 2. The van der Waals surface area contributed by atoms with Crippen LogP contribution in [0.25, 0.3) is 0 Å². The van der Waals surface area contributed by atoms with Gasteiger partial charge in [0.2, 0.25) is 0 Å². The largest absolute Gasteiger partial charge is 0.338 e. The summed E-state index contributed by atoms with van der Waals surface area (Å²) in [4.78, 5) is 16.7. The average molecular weight is 317 g/mol. The summed E-state index contributed by atoms with van der Waals surface area (Å²) >= 11 is 4.51. The molecule has 6 heteroatoms. The van der Waals surface area contributed by atoms with Gasteiger partial charge >= 0.3 is 6.03 Å². The molecule has 0 aromatic rings. The number of rotatable bonds is 6. The molecule has 1 heterocycles. The van der Waals surface area contributed by atoms with E-state index in [9.17, 15) is 4.79 Å². The molecular weight excluding hydrogens is 284 g/mol. The molecule has 0 bridgehead atoms. The maximum Gasteiger partial charge on any atom is 0.315 e. The summed E-state index contributed by atoms with van der Waals surface area (Å²) in [6.45, 7) is 9.84. The summed E-state index contributed by atoms with van der Waals surface area (Å²) in [5, 5.41) is 6.47. The molecule has 0 saturated carbocycles. The van der Waals surface area contributed by atoms with Crippen molar-refractivity contribution < 1.29 is 4.79 Å². The number of hydrogen-bond donors (Lipinski definition) is 3. The zero-order chi connectivity index (χ0) is 16.0. The Morgan fingerprint density at radius 3 is 2.29 bits per heavy atom. The van der Waals surface area contributed by atoms with Crippen molar-refractivity contribution in [3.8, 4) is 0 Å². The maximum atomic E-state index is 12.1. The highest BCUT2D eigenvalue weighted by molar-refractivity contribution is 7.80. The van der Waals surface area contributed by atoms with E-state index in [1.165, 1.54) is 0 Å². The molecule has 1 unspecified atom stereocenters. The van der Waals surface area contributed by atoms with Gasteiger partial charge in [-0.05, 0) is 39.8 Å². The molecule has 2 amide bonds. The molecule has 1 atom stereocenters. The normalized spacial score (nSPS) is 20.6. The van der Waals surface area contributed by atoms with E-state index in [2.05, 4.69) is 67.9 Å². The first-order valence-corrected chi connectivity index (χ1v) is 8.38. The molecule has 0 aliphatic carbocycles. The number of likely N-dealkylation sites (N-methyl/N-ethyl adjacent to an activating group) is 1. The summed E-state index contributed by atoms with van der Waals surface area (Å²) in [5.74, 6) is 0.465. The van der Waals surface area contributed by atoms with Gasteiger partial charge in [-0.15, -0.1) is 0 Å². The van der Waals surface area contributed by atoms with Crippen molar-refractivity contribution in [1.82, 2.24) is 20.4 Å². The number of amides is 2. The van der Waals surface area contributed by atoms with Gasteiger partial charge in [-0.25, -0.2) is 4.79 Å². The van der Waals surface area contributed by atoms with Gasteiger partial charge in [-0.2, -0.15) is 12.6 Å². The number of likely N-dealkylation sites (tertiary alicyclic amines) is 1. The number of carbonyl (C=O) groups excluding carboxylic acids is 1. The average Bonchev–Trinajstić information content (AvgIpc) is 2.36. The van der Waals surface area contributed by atoms with E-state index in [4.69, 9.17) is 0 Å². The Balaban J connectivity index is 2.61.